The van der Waals surface area contributed by atoms with Crippen molar-refractivity contribution in [2.45, 2.75) is 30.6 Å². The van der Waals surface area contributed by atoms with Crippen molar-refractivity contribution in [3.8, 4) is 0 Å². The number of nitrogens with zero attached hydrogens (tertiary/aromatic N) is 1. The SMILES string of the molecule is CC1(C)CC(=O)c2c1n(S(=O)(=O)c1ccccc1)c1ccccc21. The van der Waals surface area contributed by atoms with Gasteiger partial charge >= 0.3 is 0 Å². The zero-order valence-electron chi connectivity index (χ0n) is 13.5. The molecule has 0 saturated carbocycles. The fourth-order valence-electron chi connectivity index (χ4n) is 3.63. The van der Waals surface area contributed by atoms with Gasteiger partial charge in [0.15, 0.2) is 5.78 Å². The molecule has 1 aliphatic rings. The molecule has 0 spiro atoms. The Bertz CT molecular complexity index is 1080. The van der Waals surface area contributed by atoms with E-state index in [-0.39, 0.29) is 10.7 Å². The molecular weight excluding hydrogens is 322 g/mol. The normalized spacial score (nSPS) is 16.5. The minimum Gasteiger partial charge on any atom is -0.294 e. The van der Waals surface area contributed by atoms with Gasteiger partial charge in [0.1, 0.15) is 0 Å². The zero-order chi connectivity index (χ0) is 17.1. The molecule has 1 aliphatic carbocycles. The van der Waals surface area contributed by atoms with Crippen molar-refractivity contribution in [1.29, 1.82) is 0 Å². The Morgan fingerprint density at radius 1 is 0.958 bits per heavy atom. The van der Waals surface area contributed by atoms with Crippen molar-refractivity contribution in [2.75, 3.05) is 0 Å². The van der Waals surface area contributed by atoms with Gasteiger partial charge in [0.2, 0.25) is 0 Å². The monoisotopic (exact) mass is 339 g/mol. The van der Waals surface area contributed by atoms with Gasteiger partial charge in [0, 0.05) is 22.8 Å². The van der Waals surface area contributed by atoms with Crippen molar-refractivity contribution in [1.82, 2.24) is 3.97 Å². The summed E-state index contributed by atoms with van der Waals surface area (Å²) in [7, 11) is -3.78. The van der Waals surface area contributed by atoms with E-state index in [0.29, 0.717) is 28.6 Å². The van der Waals surface area contributed by atoms with Crippen molar-refractivity contribution >= 4 is 26.7 Å². The second kappa shape index (κ2) is 4.80. The van der Waals surface area contributed by atoms with Crippen LogP contribution in [0, 0.1) is 0 Å². The van der Waals surface area contributed by atoms with Crippen LogP contribution in [0.4, 0.5) is 0 Å². The zero-order valence-corrected chi connectivity index (χ0v) is 14.3. The number of rotatable bonds is 2. The quantitative estimate of drug-likeness (QED) is 0.714. The number of ketones is 1. The molecule has 122 valence electrons. The van der Waals surface area contributed by atoms with Crippen LogP contribution < -0.4 is 0 Å². The molecule has 0 atom stereocenters. The van der Waals surface area contributed by atoms with Gasteiger partial charge < -0.3 is 0 Å². The lowest BCUT2D eigenvalue weighted by Crippen LogP contribution is -2.23. The summed E-state index contributed by atoms with van der Waals surface area (Å²) in [6, 6.07) is 15.6. The first-order valence-corrected chi connectivity index (χ1v) is 9.26. The summed E-state index contributed by atoms with van der Waals surface area (Å²) in [4.78, 5) is 12.8. The largest absolute Gasteiger partial charge is 0.294 e. The number of Topliss-reactive ketones (excluding diaryl/α,β-unsaturated/α-hetero) is 1. The average molecular weight is 339 g/mol. The number of carbonyl (C=O) groups excluding carboxylic acids is 1. The molecule has 0 amide bonds. The van der Waals surface area contributed by atoms with Crippen molar-refractivity contribution in [3.05, 3.63) is 65.9 Å². The third-order valence-corrected chi connectivity index (χ3v) is 6.36. The number of para-hydroxylation sites is 1. The molecule has 2 aromatic carbocycles. The number of hydrogen-bond donors (Lipinski definition) is 0. The Morgan fingerprint density at radius 3 is 2.29 bits per heavy atom. The van der Waals surface area contributed by atoms with Gasteiger partial charge in [-0.25, -0.2) is 12.4 Å². The lowest BCUT2D eigenvalue weighted by molar-refractivity contribution is 0.0980. The van der Waals surface area contributed by atoms with Gasteiger partial charge in [0.25, 0.3) is 10.0 Å². The van der Waals surface area contributed by atoms with Crippen molar-refractivity contribution < 1.29 is 13.2 Å². The number of benzene rings is 2. The first kappa shape index (κ1) is 15.1. The third-order valence-electron chi connectivity index (χ3n) is 4.64. The van der Waals surface area contributed by atoms with Gasteiger partial charge in [-0.1, -0.05) is 50.2 Å². The van der Waals surface area contributed by atoms with Crippen LogP contribution in [-0.2, 0) is 15.4 Å². The maximum atomic E-state index is 13.3. The van der Waals surface area contributed by atoms with Crippen LogP contribution in [0.1, 0.15) is 36.3 Å². The summed E-state index contributed by atoms with van der Waals surface area (Å²) in [6.45, 7) is 3.85. The van der Waals surface area contributed by atoms with E-state index >= 15 is 0 Å². The van der Waals surface area contributed by atoms with E-state index in [1.165, 1.54) is 3.97 Å². The Morgan fingerprint density at radius 2 is 1.58 bits per heavy atom. The molecule has 0 radical (unpaired) electrons. The molecule has 4 nitrogen and oxygen atoms in total. The van der Waals surface area contributed by atoms with Gasteiger partial charge in [-0.3, -0.25) is 4.79 Å². The molecule has 1 aromatic heterocycles. The van der Waals surface area contributed by atoms with E-state index in [1.54, 1.807) is 42.5 Å². The lowest BCUT2D eigenvalue weighted by Gasteiger charge is -2.21. The predicted octanol–water partition coefficient (Wildman–Crippen LogP) is 3.74. The van der Waals surface area contributed by atoms with Gasteiger partial charge in [0.05, 0.1) is 16.1 Å². The van der Waals surface area contributed by atoms with Crippen LogP contribution in [0.3, 0.4) is 0 Å². The summed E-state index contributed by atoms with van der Waals surface area (Å²) >= 11 is 0. The third kappa shape index (κ3) is 1.91. The molecule has 24 heavy (non-hydrogen) atoms. The van der Waals surface area contributed by atoms with Gasteiger partial charge in [-0.15, -0.1) is 0 Å². The Balaban J connectivity index is 2.17. The molecule has 1 heterocycles. The summed E-state index contributed by atoms with van der Waals surface area (Å²) in [5, 5.41) is 0.711. The number of hydrogen-bond acceptors (Lipinski definition) is 3. The van der Waals surface area contributed by atoms with Gasteiger partial charge in [-0.2, -0.15) is 0 Å². The number of fused-ring (bicyclic) bond motifs is 3. The minimum atomic E-state index is -3.78. The molecule has 0 saturated heterocycles. The highest BCUT2D eigenvalue weighted by molar-refractivity contribution is 7.90. The standard InChI is InChI=1S/C19H17NO3S/c1-19(2)12-16(21)17-14-10-6-7-11-15(14)20(18(17)19)24(22,23)13-8-4-3-5-9-13/h3-11H,12H2,1-2H3. The summed E-state index contributed by atoms with van der Waals surface area (Å²) < 4.78 is 28.0. The van der Waals surface area contributed by atoms with Gasteiger partial charge in [-0.05, 0) is 18.2 Å². The average Bonchev–Trinajstić information content (AvgIpc) is 3.02. The Kier molecular flexibility index (Phi) is 3.03. The molecule has 0 unspecified atom stereocenters. The summed E-state index contributed by atoms with van der Waals surface area (Å²) in [6.07, 6.45) is 0.326. The first-order chi connectivity index (χ1) is 11.3. The Labute approximate surface area is 140 Å². The Hall–Kier alpha value is -2.40. The highest BCUT2D eigenvalue weighted by Crippen LogP contribution is 2.45. The van der Waals surface area contributed by atoms with Crippen LogP contribution in [0.25, 0.3) is 10.9 Å². The molecular formula is C19H17NO3S. The fourth-order valence-corrected chi connectivity index (χ4v) is 5.34. The smallest absolute Gasteiger partial charge is 0.268 e. The first-order valence-electron chi connectivity index (χ1n) is 7.82. The van der Waals surface area contributed by atoms with Crippen LogP contribution in [0.15, 0.2) is 59.5 Å². The fraction of sp³-hybridized carbons (Fsp3) is 0.211. The van der Waals surface area contributed by atoms with Crippen LogP contribution in [0.5, 0.6) is 0 Å². The van der Waals surface area contributed by atoms with E-state index in [4.69, 9.17) is 0 Å². The van der Waals surface area contributed by atoms with E-state index in [1.807, 2.05) is 26.0 Å². The van der Waals surface area contributed by atoms with Crippen LogP contribution >= 0.6 is 0 Å². The topological polar surface area (TPSA) is 56.1 Å². The second-order valence-electron chi connectivity index (χ2n) is 6.81. The molecule has 4 rings (SSSR count). The second-order valence-corrected chi connectivity index (χ2v) is 8.59. The molecule has 0 fully saturated rings. The molecule has 0 aliphatic heterocycles. The van der Waals surface area contributed by atoms with E-state index < -0.39 is 15.4 Å². The summed E-state index contributed by atoms with van der Waals surface area (Å²) in [5.41, 5.74) is 1.19. The van der Waals surface area contributed by atoms with Crippen LogP contribution in [-0.4, -0.2) is 18.2 Å². The maximum absolute atomic E-state index is 13.3. The predicted molar refractivity (Wildman–Crippen MR) is 92.9 cm³/mol. The molecule has 5 heteroatoms. The molecule has 0 N–H and O–H groups in total. The number of carbonyl (C=O) groups is 1. The molecule has 3 aromatic rings. The number of aromatic nitrogens is 1. The maximum Gasteiger partial charge on any atom is 0.268 e. The minimum absolute atomic E-state index is 0.00760. The van der Waals surface area contributed by atoms with Crippen molar-refractivity contribution in [3.63, 3.8) is 0 Å². The van der Waals surface area contributed by atoms with E-state index in [9.17, 15) is 13.2 Å². The highest BCUT2D eigenvalue weighted by atomic mass is 32.2. The van der Waals surface area contributed by atoms with Crippen molar-refractivity contribution in [2.24, 2.45) is 0 Å². The van der Waals surface area contributed by atoms with E-state index in [0.717, 1.165) is 0 Å². The highest BCUT2D eigenvalue weighted by Gasteiger charge is 2.43. The van der Waals surface area contributed by atoms with E-state index in [2.05, 4.69) is 0 Å². The molecule has 0 bridgehead atoms. The lowest BCUT2D eigenvalue weighted by atomic mass is 9.91. The summed E-state index contributed by atoms with van der Waals surface area (Å²) in [5.74, 6) is 0.00760. The van der Waals surface area contributed by atoms with Crippen LogP contribution in [0.2, 0.25) is 0 Å².